The van der Waals surface area contributed by atoms with E-state index in [-0.39, 0.29) is 6.04 Å². The van der Waals surface area contributed by atoms with E-state index < -0.39 is 6.03 Å². The third-order valence-electron chi connectivity index (χ3n) is 5.86. The number of fused-ring (bicyclic) bond motifs is 1. The van der Waals surface area contributed by atoms with Crippen molar-refractivity contribution >= 4 is 23.5 Å². The first kappa shape index (κ1) is 21.0. The molecule has 1 aromatic carbocycles. The second kappa shape index (κ2) is 8.94. The van der Waals surface area contributed by atoms with Gasteiger partial charge in [0.25, 0.3) is 0 Å². The molecule has 2 aliphatic heterocycles. The minimum Gasteiger partial charge on any atom is -0.377 e. The van der Waals surface area contributed by atoms with E-state index in [1.165, 1.54) is 12.7 Å². The average Bonchev–Trinajstić information content (AvgIpc) is 2.84. The van der Waals surface area contributed by atoms with Gasteiger partial charge in [-0.15, -0.1) is 0 Å². The number of carbonyl (C=O) groups is 1. The molecule has 2 aliphatic rings. The van der Waals surface area contributed by atoms with Crippen molar-refractivity contribution in [2.45, 2.75) is 25.9 Å². The number of hydrogen-bond donors (Lipinski definition) is 2. The highest BCUT2D eigenvalue weighted by molar-refractivity contribution is 5.88. The number of nitrogens with zero attached hydrogens (tertiary/aromatic N) is 7. The van der Waals surface area contributed by atoms with Crippen molar-refractivity contribution in [2.24, 2.45) is 5.73 Å². The number of urea groups is 1. The van der Waals surface area contributed by atoms with Gasteiger partial charge in [0.15, 0.2) is 5.82 Å². The van der Waals surface area contributed by atoms with Crippen LogP contribution in [0.3, 0.4) is 0 Å². The number of benzene rings is 1. The zero-order valence-electron chi connectivity index (χ0n) is 18.3. The van der Waals surface area contributed by atoms with E-state index in [1.54, 1.807) is 12.1 Å². The van der Waals surface area contributed by atoms with E-state index in [1.807, 2.05) is 12.1 Å². The maximum atomic E-state index is 11.1. The number of amides is 2. The second-order valence-corrected chi connectivity index (χ2v) is 8.09. The van der Waals surface area contributed by atoms with Gasteiger partial charge in [0, 0.05) is 29.9 Å². The number of rotatable bonds is 4. The number of anilines is 3. The van der Waals surface area contributed by atoms with Crippen LogP contribution in [0.15, 0.2) is 36.9 Å². The van der Waals surface area contributed by atoms with Crippen LogP contribution in [0.25, 0.3) is 11.4 Å². The van der Waals surface area contributed by atoms with Crippen LogP contribution in [-0.2, 0) is 17.7 Å². The number of primary amides is 1. The first-order chi connectivity index (χ1) is 16.1. The molecule has 11 nitrogen and oxygen atoms in total. The molecule has 1 fully saturated rings. The summed E-state index contributed by atoms with van der Waals surface area (Å²) in [6, 6.07) is 6.95. The van der Waals surface area contributed by atoms with Crippen LogP contribution in [0.1, 0.15) is 18.2 Å². The van der Waals surface area contributed by atoms with Gasteiger partial charge in [-0.2, -0.15) is 0 Å². The van der Waals surface area contributed by atoms with Crippen molar-refractivity contribution in [3.63, 3.8) is 0 Å². The fourth-order valence-corrected chi connectivity index (χ4v) is 4.23. The topological polar surface area (TPSA) is 135 Å². The molecule has 1 saturated heterocycles. The van der Waals surface area contributed by atoms with Crippen molar-refractivity contribution in [1.82, 2.24) is 24.9 Å². The lowest BCUT2D eigenvalue weighted by molar-refractivity contribution is 0.0984. The SMILES string of the molecule is C[C@H]1COCCN1c1nc(-c2ccc(NC(N)=O)cc2)nc2c1CCN(c1ncncn1)C2. The third-order valence-corrected chi connectivity index (χ3v) is 5.86. The lowest BCUT2D eigenvalue weighted by Gasteiger charge is -2.37. The summed E-state index contributed by atoms with van der Waals surface area (Å²) in [5.74, 6) is 2.23. The highest BCUT2D eigenvalue weighted by Gasteiger charge is 2.29. The van der Waals surface area contributed by atoms with E-state index in [9.17, 15) is 4.79 Å². The van der Waals surface area contributed by atoms with E-state index in [4.69, 9.17) is 20.4 Å². The Labute approximate surface area is 191 Å². The first-order valence-corrected chi connectivity index (χ1v) is 10.9. The number of carbonyl (C=O) groups excluding carboxylic acids is 1. The molecule has 2 aromatic heterocycles. The molecule has 0 radical (unpaired) electrons. The Balaban J connectivity index is 1.54. The monoisotopic (exact) mass is 447 g/mol. The molecule has 5 rings (SSSR count). The summed E-state index contributed by atoms with van der Waals surface area (Å²) in [5.41, 5.74) is 8.80. The van der Waals surface area contributed by atoms with Crippen LogP contribution >= 0.6 is 0 Å². The van der Waals surface area contributed by atoms with Crippen LogP contribution in [0.5, 0.6) is 0 Å². The predicted octanol–water partition coefficient (Wildman–Crippen LogP) is 1.61. The summed E-state index contributed by atoms with van der Waals surface area (Å²) in [5, 5.41) is 2.58. The fourth-order valence-electron chi connectivity index (χ4n) is 4.23. The average molecular weight is 448 g/mol. The zero-order valence-corrected chi connectivity index (χ0v) is 18.3. The summed E-state index contributed by atoms with van der Waals surface area (Å²) in [7, 11) is 0. The second-order valence-electron chi connectivity index (χ2n) is 8.09. The Bertz CT molecular complexity index is 1140. The Hall–Kier alpha value is -3.86. The number of hydrogen-bond acceptors (Lipinski definition) is 9. The number of nitrogens with one attached hydrogen (secondary N) is 1. The Morgan fingerprint density at radius 3 is 2.67 bits per heavy atom. The normalized spacial score (nSPS) is 18.0. The summed E-state index contributed by atoms with van der Waals surface area (Å²) in [4.78, 5) is 38.0. The first-order valence-electron chi connectivity index (χ1n) is 10.9. The molecule has 4 heterocycles. The molecular formula is C22H25N9O2. The number of morpholine rings is 1. The molecule has 0 aliphatic carbocycles. The molecule has 170 valence electrons. The lowest BCUT2D eigenvalue weighted by atomic mass is 10.0. The molecule has 3 N–H and O–H groups in total. The van der Waals surface area contributed by atoms with Crippen molar-refractivity contribution in [3.8, 4) is 11.4 Å². The van der Waals surface area contributed by atoms with Crippen molar-refractivity contribution in [1.29, 1.82) is 0 Å². The maximum Gasteiger partial charge on any atom is 0.316 e. The fraction of sp³-hybridized carbons (Fsp3) is 0.364. The summed E-state index contributed by atoms with van der Waals surface area (Å²) >= 11 is 0. The molecule has 0 spiro atoms. The van der Waals surface area contributed by atoms with Gasteiger partial charge in [0.2, 0.25) is 5.95 Å². The molecule has 2 amide bonds. The van der Waals surface area contributed by atoms with E-state index in [2.05, 4.69) is 37.0 Å². The summed E-state index contributed by atoms with van der Waals surface area (Å²) in [6.07, 6.45) is 3.81. The van der Waals surface area contributed by atoms with Gasteiger partial charge in [0.1, 0.15) is 18.5 Å². The zero-order chi connectivity index (χ0) is 22.8. The van der Waals surface area contributed by atoms with E-state index in [0.29, 0.717) is 37.2 Å². The molecule has 11 heteroatoms. The van der Waals surface area contributed by atoms with Gasteiger partial charge < -0.3 is 25.6 Å². The number of nitrogens with two attached hydrogens (primary N) is 1. The minimum absolute atomic E-state index is 0.217. The molecule has 33 heavy (non-hydrogen) atoms. The minimum atomic E-state index is -0.602. The van der Waals surface area contributed by atoms with Gasteiger partial charge in [-0.05, 0) is 37.6 Å². The van der Waals surface area contributed by atoms with Crippen LogP contribution < -0.4 is 20.9 Å². The Kier molecular flexibility index (Phi) is 5.69. The molecule has 3 aromatic rings. The quantitative estimate of drug-likeness (QED) is 0.611. The molecule has 0 unspecified atom stereocenters. The van der Waals surface area contributed by atoms with Gasteiger partial charge in [0.05, 0.1) is 31.5 Å². The van der Waals surface area contributed by atoms with Crippen molar-refractivity contribution in [2.75, 3.05) is 41.4 Å². The molecule has 1 atom stereocenters. The van der Waals surface area contributed by atoms with Gasteiger partial charge >= 0.3 is 6.03 Å². The van der Waals surface area contributed by atoms with Crippen LogP contribution in [0, 0.1) is 0 Å². The third kappa shape index (κ3) is 4.40. The van der Waals surface area contributed by atoms with Crippen molar-refractivity contribution < 1.29 is 9.53 Å². The van der Waals surface area contributed by atoms with E-state index >= 15 is 0 Å². The molecule has 0 saturated carbocycles. The predicted molar refractivity (Wildman–Crippen MR) is 123 cm³/mol. The standard InChI is InChI=1S/C22H25N9O2/c1-14-11-33-9-8-31(14)20-17-6-7-30(22-25-12-24-13-26-22)10-18(17)28-19(29-20)15-2-4-16(5-3-15)27-21(23)32/h2-5,12-14H,6-11H2,1H3,(H3,23,27,32)/t14-/m0/s1. The summed E-state index contributed by atoms with van der Waals surface area (Å²) in [6.45, 7) is 5.63. The van der Waals surface area contributed by atoms with Crippen LogP contribution in [-0.4, -0.2) is 63.3 Å². The largest absolute Gasteiger partial charge is 0.377 e. The van der Waals surface area contributed by atoms with Crippen LogP contribution in [0.4, 0.5) is 22.2 Å². The smallest absolute Gasteiger partial charge is 0.316 e. The number of ether oxygens (including phenoxy) is 1. The highest BCUT2D eigenvalue weighted by atomic mass is 16.5. The summed E-state index contributed by atoms with van der Waals surface area (Å²) < 4.78 is 5.65. The molecule has 0 bridgehead atoms. The highest BCUT2D eigenvalue weighted by Crippen LogP contribution is 2.32. The van der Waals surface area contributed by atoms with E-state index in [0.717, 1.165) is 42.1 Å². The number of aromatic nitrogens is 5. The molecular weight excluding hydrogens is 422 g/mol. The Morgan fingerprint density at radius 1 is 1.15 bits per heavy atom. The lowest BCUT2D eigenvalue weighted by Crippen LogP contribution is -2.45. The maximum absolute atomic E-state index is 11.1. The van der Waals surface area contributed by atoms with Gasteiger partial charge in [-0.25, -0.2) is 29.7 Å². The van der Waals surface area contributed by atoms with Crippen molar-refractivity contribution in [3.05, 3.63) is 48.2 Å². The van der Waals surface area contributed by atoms with Gasteiger partial charge in [-0.3, -0.25) is 0 Å². The Morgan fingerprint density at radius 2 is 1.94 bits per heavy atom. The van der Waals surface area contributed by atoms with Crippen LogP contribution in [0.2, 0.25) is 0 Å². The van der Waals surface area contributed by atoms with Gasteiger partial charge in [-0.1, -0.05) is 0 Å².